The third-order valence-corrected chi connectivity index (χ3v) is 3.39. The third-order valence-electron chi connectivity index (χ3n) is 3.39. The summed E-state index contributed by atoms with van der Waals surface area (Å²) in [7, 11) is 0. The molecule has 0 spiro atoms. The third kappa shape index (κ3) is 3.12. The van der Waals surface area contributed by atoms with Gasteiger partial charge in [-0.25, -0.2) is 4.98 Å². The van der Waals surface area contributed by atoms with Gasteiger partial charge in [0.05, 0.1) is 0 Å². The number of aromatic nitrogens is 1. The SMILES string of the molecule is CC1CCCC(Nc2cc(N)ccn2)CC1. The van der Waals surface area contributed by atoms with E-state index in [0.29, 0.717) is 6.04 Å². The molecular weight excluding hydrogens is 198 g/mol. The van der Waals surface area contributed by atoms with Crippen LogP contribution in [0.2, 0.25) is 0 Å². The van der Waals surface area contributed by atoms with Gasteiger partial charge in [-0.2, -0.15) is 0 Å². The topological polar surface area (TPSA) is 50.9 Å². The number of nitrogens with zero attached hydrogens (tertiary/aromatic N) is 1. The van der Waals surface area contributed by atoms with Crippen LogP contribution in [0.1, 0.15) is 39.0 Å². The van der Waals surface area contributed by atoms with E-state index in [2.05, 4.69) is 17.2 Å². The lowest BCUT2D eigenvalue weighted by atomic mass is 10.0. The molecule has 1 aliphatic carbocycles. The maximum Gasteiger partial charge on any atom is 0.128 e. The van der Waals surface area contributed by atoms with Crippen LogP contribution in [0.5, 0.6) is 0 Å². The minimum absolute atomic E-state index is 0.569. The molecule has 88 valence electrons. The summed E-state index contributed by atoms with van der Waals surface area (Å²) >= 11 is 0. The Bertz CT molecular complexity index is 338. The van der Waals surface area contributed by atoms with Gasteiger partial charge in [0.1, 0.15) is 5.82 Å². The van der Waals surface area contributed by atoms with Crippen molar-refractivity contribution in [2.75, 3.05) is 11.1 Å². The smallest absolute Gasteiger partial charge is 0.128 e. The average Bonchev–Trinajstić information content (AvgIpc) is 2.44. The summed E-state index contributed by atoms with van der Waals surface area (Å²) in [5.41, 5.74) is 6.51. The Balaban J connectivity index is 1.93. The highest BCUT2D eigenvalue weighted by Crippen LogP contribution is 2.24. The monoisotopic (exact) mass is 219 g/mol. The zero-order valence-corrected chi connectivity index (χ0v) is 9.95. The number of nitrogen functional groups attached to an aromatic ring is 1. The molecule has 0 amide bonds. The molecule has 2 atom stereocenters. The molecule has 0 bridgehead atoms. The van der Waals surface area contributed by atoms with Crippen molar-refractivity contribution in [2.45, 2.75) is 45.1 Å². The van der Waals surface area contributed by atoms with Crippen LogP contribution in [-0.4, -0.2) is 11.0 Å². The number of rotatable bonds is 2. The van der Waals surface area contributed by atoms with Crippen molar-refractivity contribution in [1.29, 1.82) is 0 Å². The highest BCUT2D eigenvalue weighted by Gasteiger charge is 2.16. The standard InChI is InChI=1S/C13H21N3/c1-10-3-2-4-12(6-5-10)16-13-9-11(14)7-8-15-13/h7-10,12H,2-6H2,1H3,(H3,14,15,16). The summed E-state index contributed by atoms with van der Waals surface area (Å²) in [6.45, 7) is 2.35. The predicted molar refractivity (Wildman–Crippen MR) is 68.3 cm³/mol. The molecular formula is C13H21N3. The molecule has 0 saturated heterocycles. The molecule has 1 fully saturated rings. The van der Waals surface area contributed by atoms with Crippen molar-refractivity contribution < 1.29 is 0 Å². The molecule has 0 aromatic carbocycles. The Hall–Kier alpha value is -1.25. The zero-order valence-electron chi connectivity index (χ0n) is 9.95. The largest absolute Gasteiger partial charge is 0.399 e. The fourth-order valence-electron chi connectivity index (χ4n) is 2.37. The fraction of sp³-hybridized carbons (Fsp3) is 0.615. The van der Waals surface area contributed by atoms with Gasteiger partial charge in [-0.15, -0.1) is 0 Å². The lowest BCUT2D eigenvalue weighted by molar-refractivity contribution is 0.502. The van der Waals surface area contributed by atoms with E-state index < -0.39 is 0 Å². The summed E-state index contributed by atoms with van der Waals surface area (Å²) in [6.07, 6.45) is 8.26. The number of nitrogens with two attached hydrogens (primary N) is 1. The van der Waals surface area contributed by atoms with Crippen LogP contribution in [0.3, 0.4) is 0 Å². The van der Waals surface area contributed by atoms with Crippen LogP contribution in [0, 0.1) is 5.92 Å². The first kappa shape index (κ1) is 11.2. The average molecular weight is 219 g/mol. The fourth-order valence-corrected chi connectivity index (χ4v) is 2.37. The molecule has 16 heavy (non-hydrogen) atoms. The van der Waals surface area contributed by atoms with E-state index in [1.807, 2.05) is 12.1 Å². The van der Waals surface area contributed by atoms with Crippen LogP contribution in [0.15, 0.2) is 18.3 Å². The zero-order chi connectivity index (χ0) is 11.4. The Morgan fingerprint density at radius 3 is 3.00 bits per heavy atom. The number of hydrogen-bond acceptors (Lipinski definition) is 3. The van der Waals surface area contributed by atoms with Gasteiger partial charge in [0, 0.05) is 24.0 Å². The van der Waals surface area contributed by atoms with Crippen molar-refractivity contribution in [1.82, 2.24) is 4.98 Å². The van der Waals surface area contributed by atoms with Crippen molar-refractivity contribution in [2.24, 2.45) is 5.92 Å². The van der Waals surface area contributed by atoms with Crippen molar-refractivity contribution >= 4 is 11.5 Å². The number of anilines is 2. The maximum absolute atomic E-state index is 5.74. The van der Waals surface area contributed by atoms with E-state index in [4.69, 9.17) is 5.73 Å². The van der Waals surface area contributed by atoms with Crippen LogP contribution in [0.25, 0.3) is 0 Å². The van der Waals surface area contributed by atoms with Crippen molar-refractivity contribution in [3.05, 3.63) is 18.3 Å². The van der Waals surface area contributed by atoms with E-state index in [0.717, 1.165) is 17.4 Å². The van der Waals surface area contributed by atoms with Gasteiger partial charge < -0.3 is 11.1 Å². The Kier molecular flexibility index (Phi) is 3.65. The Morgan fingerprint density at radius 1 is 1.31 bits per heavy atom. The van der Waals surface area contributed by atoms with E-state index in [1.54, 1.807) is 6.20 Å². The molecule has 1 saturated carbocycles. The van der Waals surface area contributed by atoms with Crippen LogP contribution in [0.4, 0.5) is 11.5 Å². The van der Waals surface area contributed by atoms with Gasteiger partial charge in [0.15, 0.2) is 0 Å². The summed E-state index contributed by atoms with van der Waals surface area (Å²) in [4.78, 5) is 4.29. The number of hydrogen-bond donors (Lipinski definition) is 2. The van der Waals surface area contributed by atoms with Gasteiger partial charge in [-0.1, -0.05) is 19.8 Å². The first-order valence-corrected chi connectivity index (χ1v) is 6.22. The minimum Gasteiger partial charge on any atom is -0.399 e. The second kappa shape index (κ2) is 5.19. The second-order valence-corrected chi connectivity index (χ2v) is 4.93. The molecule has 1 heterocycles. The number of pyridine rings is 1. The summed E-state index contributed by atoms with van der Waals surface area (Å²) in [5, 5.41) is 3.49. The first-order chi connectivity index (χ1) is 7.74. The highest BCUT2D eigenvalue weighted by molar-refractivity contribution is 5.48. The van der Waals surface area contributed by atoms with Gasteiger partial charge in [0.2, 0.25) is 0 Å². The van der Waals surface area contributed by atoms with E-state index in [9.17, 15) is 0 Å². The molecule has 3 N–H and O–H groups in total. The molecule has 1 aliphatic rings. The normalized spacial score (nSPS) is 26.1. The predicted octanol–water partition coefficient (Wildman–Crippen LogP) is 3.04. The molecule has 0 aliphatic heterocycles. The first-order valence-electron chi connectivity index (χ1n) is 6.22. The minimum atomic E-state index is 0.569. The molecule has 1 aromatic rings. The van der Waals surface area contributed by atoms with Crippen LogP contribution < -0.4 is 11.1 Å². The molecule has 3 nitrogen and oxygen atoms in total. The lowest BCUT2D eigenvalue weighted by Crippen LogP contribution is -2.19. The van der Waals surface area contributed by atoms with Gasteiger partial charge in [0.25, 0.3) is 0 Å². The van der Waals surface area contributed by atoms with E-state index in [1.165, 1.54) is 32.1 Å². The summed E-state index contributed by atoms with van der Waals surface area (Å²) < 4.78 is 0. The van der Waals surface area contributed by atoms with Crippen LogP contribution >= 0.6 is 0 Å². The molecule has 2 rings (SSSR count). The highest BCUT2D eigenvalue weighted by atomic mass is 15.0. The second-order valence-electron chi connectivity index (χ2n) is 4.93. The van der Waals surface area contributed by atoms with Crippen molar-refractivity contribution in [3.63, 3.8) is 0 Å². The van der Waals surface area contributed by atoms with Crippen molar-refractivity contribution in [3.8, 4) is 0 Å². The van der Waals surface area contributed by atoms with Gasteiger partial charge in [-0.3, -0.25) is 0 Å². The molecule has 1 aromatic heterocycles. The van der Waals surface area contributed by atoms with E-state index in [-0.39, 0.29) is 0 Å². The Morgan fingerprint density at radius 2 is 2.19 bits per heavy atom. The van der Waals surface area contributed by atoms with Gasteiger partial charge >= 0.3 is 0 Å². The Labute approximate surface area is 97.5 Å². The molecule has 3 heteroatoms. The summed E-state index contributed by atoms with van der Waals surface area (Å²) in [6, 6.07) is 4.30. The van der Waals surface area contributed by atoms with E-state index >= 15 is 0 Å². The summed E-state index contributed by atoms with van der Waals surface area (Å²) in [5.74, 6) is 1.79. The lowest BCUT2D eigenvalue weighted by Gasteiger charge is -2.17. The number of nitrogens with one attached hydrogen (secondary N) is 1. The van der Waals surface area contributed by atoms with Crippen LogP contribution in [-0.2, 0) is 0 Å². The maximum atomic E-state index is 5.74. The van der Waals surface area contributed by atoms with Gasteiger partial charge in [-0.05, 0) is 31.2 Å². The molecule has 2 unspecified atom stereocenters. The quantitative estimate of drug-likeness (QED) is 0.752. The molecule has 0 radical (unpaired) electrons.